The molecular weight excluding hydrogens is 226 g/mol. The number of hydrogen-bond donors (Lipinski definition) is 1. The van der Waals surface area contributed by atoms with E-state index in [9.17, 15) is 0 Å². The molecule has 2 rings (SSSR count). The van der Waals surface area contributed by atoms with Gasteiger partial charge in [0.25, 0.3) is 0 Å². The second-order valence-electron chi connectivity index (χ2n) is 4.60. The maximum absolute atomic E-state index is 5.88. The minimum atomic E-state index is 0.493. The van der Waals surface area contributed by atoms with E-state index >= 15 is 0 Å². The van der Waals surface area contributed by atoms with Crippen LogP contribution >= 0.6 is 0 Å². The van der Waals surface area contributed by atoms with E-state index in [1.54, 1.807) is 0 Å². The molecule has 0 spiro atoms. The summed E-state index contributed by atoms with van der Waals surface area (Å²) in [6.07, 6.45) is 3.24. The summed E-state index contributed by atoms with van der Waals surface area (Å²) in [4.78, 5) is 0. The van der Waals surface area contributed by atoms with Crippen LogP contribution in [0.3, 0.4) is 0 Å². The van der Waals surface area contributed by atoms with E-state index in [1.165, 1.54) is 17.5 Å². The summed E-state index contributed by atoms with van der Waals surface area (Å²) in [7, 11) is 2.02. The van der Waals surface area contributed by atoms with Crippen LogP contribution in [0.2, 0.25) is 0 Å². The van der Waals surface area contributed by atoms with E-state index < -0.39 is 0 Å². The van der Waals surface area contributed by atoms with Gasteiger partial charge >= 0.3 is 0 Å². The van der Waals surface area contributed by atoms with Crippen molar-refractivity contribution in [3.8, 4) is 5.75 Å². The molecule has 0 saturated carbocycles. The van der Waals surface area contributed by atoms with Crippen LogP contribution in [0.25, 0.3) is 0 Å². The Kier molecular flexibility index (Phi) is 5.02. The van der Waals surface area contributed by atoms with Crippen LogP contribution in [0.1, 0.15) is 36.9 Å². The molecule has 0 saturated heterocycles. The maximum Gasteiger partial charge on any atom is 0.122 e. The van der Waals surface area contributed by atoms with Crippen LogP contribution in [0.5, 0.6) is 5.75 Å². The Morgan fingerprint density at radius 2 is 2.22 bits per heavy atom. The third kappa shape index (κ3) is 3.03. The van der Waals surface area contributed by atoms with E-state index in [4.69, 9.17) is 9.47 Å². The Morgan fingerprint density at radius 1 is 1.33 bits per heavy atom. The van der Waals surface area contributed by atoms with Gasteiger partial charge in [0.15, 0.2) is 0 Å². The van der Waals surface area contributed by atoms with Crippen LogP contribution in [0.4, 0.5) is 0 Å². The summed E-state index contributed by atoms with van der Waals surface area (Å²) in [5, 5.41) is 3.36. The molecule has 100 valence electrons. The predicted molar refractivity (Wildman–Crippen MR) is 73.2 cm³/mol. The van der Waals surface area contributed by atoms with Gasteiger partial charge in [-0.1, -0.05) is 12.1 Å². The Labute approximate surface area is 109 Å². The van der Waals surface area contributed by atoms with Crippen LogP contribution < -0.4 is 10.1 Å². The van der Waals surface area contributed by atoms with Crippen LogP contribution in [-0.2, 0) is 11.2 Å². The molecule has 0 aromatic heterocycles. The number of hydrogen-bond acceptors (Lipinski definition) is 3. The van der Waals surface area contributed by atoms with Crippen molar-refractivity contribution in [2.24, 2.45) is 0 Å². The summed E-state index contributed by atoms with van der Waals surface area (Å²) in [6, 6.07) is 6.87. The summed E-state index contributed by atoms with van der Waals surface area (Å²) < 4.78 is 11.2. The molecule has 3 nitrogen and oxygen atoms in total. The van der Waals surface area contributed by atoms with Gasteiger partial charge in [0.2, 0.25) is 0 Å². The lowest BCUT2D eigenvalue weighted by atomic mass is 10.1. The van der Waals surface area contributed by atoms with Crippen molar-refractivity contribution < 1.29 is 9.47 Å². The van der Waals surface area contributed by atoms with Gasteiger partial charge in [0, 0.05) is 25.7 Å². The van der Waals surface area contributed by atoms with Crippen molar-refractivity contribution in [1.82, 2.24) is 5.32 Å². The van der Waals surface area contributed by atoms with Crippen molar-refractivity contribution in [1.29, 1.82) is 0 Å². The fourth-order valence-electron chi connectivity index (χ4n) is 2.54. The van der Waals surface area contributed by atoms with E-state index in [0.29, 0.717) is 6.04 Å². The number of ether oxygens (including phenoxy) is 2. The Morgan fingerprint density at radius 3 is 3.00 bits per heavy atom. The summed E-state index contributed by atoms with van der Waals surface area (Å²) in [5.41, 5.74) is 2.79. The second-order valence-corrected chi connectivity index (χ2v) is 4.60. The highest BCUT2D eigenvalue weighted by Gasteiger charge is 2.23. The topological polar surface area (TPSA) is 30.5 Å². The molecule has 0 amide bonds. The van der Waals surface area contributed by atoms with Crippen molar-refractivity contribution in [3.63, 3.8) is 0 Å². The fraction of sp³-hybridized carbons (Fsp3) is 0.600. The zero-order valence-corrected chi connectivity index (χ0v) is 11.4. The van der Waals surface area contributed by atoms with E-state index in [2.05, 4.69) is 23.5 Å². The Bertz CT molecular complexity index is 379. The van der Waals surface area contributed by atoms with Crippen molar-refractivity contribution in [3.05, 3.63) is 29.3 Å². The van der Waals surface area contributed by atoms with Gasteiger partial charge in [-0.2, -0.15) is 0 Å². The Hall–Kier alpha value is -1.06. The minimum absolute atomic E-state index is 0.493. The van der Waals surface area contributed by atoms with Gasteiger partial charge in [-0.3, -0.25) is 0 Å². The van der Waals surface area contributed by atoms with Crippen LogP contribution in [-0.4, -0.2) is 26.9 Å². The normalized spacial score (nSPS) is 17.8. The standard InChI is InChI=1S/C15H23NO2/c1-3-17-10-5-11-18-15-7-4-6-12-13(15)8-9-14(12)16-2/h4,6-7,14,16H,3,5,8-11H2,1-2H3. The maximum atomic E-state index is 5.88. The van der Waals surface area contributed by atoms with Gasteiger partial charge in [-0.15, -0.1) is 0 Å². The average molecular weight is 249 g/mol. The van der Waals surface area contributed by atoms with Gasteiger partial charge in [-0.05, 0) is 44.0 Å². The Balaban J connectivity index is 1.92. The first kappa shape index (κ1) is 13.4. The van der Waals surface area contributed by atoms with Crippen molar-refractivity contribution >= 4 is 0 Å². The zero-order chi connectivity index (χ0) is 12.8. The molecule has 0 bridgehead atoms. The third-order valence-electron chi connectivity index (χ3n) is 3.47. The van der Waals surface area contributed by atoms with E-state index in [0.717, 1.165) is 38.4 Å². The second kappa shape index (κ2) is 6.76. The quantitative estimate of drug-likeness (QED) is 0.754. The SMILES string of the molecule is CCOCCCOc1cccc2c1CCC2NC. The summed E-state index contributed by atoms with van der Waals surface area (Å²) >= 11 is 0. The number of rotatable bonds is 7. The monoisotopic (exact) mass is 249 g/mol. The van der Waals surface area contributed by atoms with Gasteiger partial charge in [0.05, 0.1) is 6.61 Å². The molecule has 1 aromatic carbocycles. The first-order valence-corrected chi connectivity index (χ1v) is 6.86. The van der Waals surface area contributed by atoms with Crippen LogP contribution in [0.15, 0.2) is 18.2 Å². The van der Waals surface area contributed by atoms with Crippen molar-refractivity contribution in [2.75, 3.05) is 26.9 Å². The molecule has 0 fully saturated rings. The highest BCUT2D eigenvalue weighted by molar-refractivity contribution is 5.45. The smallest absolute Gasteiger partial charge is 0.122 e. The lowest BCUT2D eigenvalue weighted by Gasteiger charge is -2.13. The van der Waals surface area contributed by atoms with E-state index in [-0.39, 0.29) is 0 Å². The van der Waals surface area contributed by atoms with Crippen molar-refractivity contribution in [2.45, 2.75) is 32.2 Å². The first-order valence-electron chi connectivity index (χ1n) is 6.86. The molecule has 1 atom stereocenters. The predicted octanol–water partition coefficient (Wildman–Crippen LogP) is 2.70. The molecule has 0 radical (unpaired) electrons. The first-order chi connectivity index (χ1) is 8.86. The molecule has 0 aliphatic heterocycles. The molecule has 1 unspecified atom stereocenters. The summed E-state index contributed by atoms with van der Waals surface area (Å²) in [5.74, 6) is 1.06. The molecule has 1 aliphatic rings. The fourth-order valence-corrected chi connectivity index (χ4v) is 2.54. The molecule has 1 aliphatic carbocycles. The lowest BCUT2D eigenvalue weighted by molar-refractivity contribution is 0.130. The largest absolute Gasteiger partial charge is 0.493 e. The number of fused-ring (bicyclic) bond motifs is 1. The number of nitrogens with one attached hydrogen (secondary N) is 1. The third-order valence-corrected chi connectivity index (χ3v) is 3.47. The molecule has 3 heteroatoms. The lowest BCUT2D eigenvalue weighted by Crippen LogP contribution is -2.12. The molecule has 0 heterocycles. The van der Waals surface area contributed by atoms with Gasteiger partial charge in [-0.25, -0.2) is 0 Å². The molecular formula is C15H23NO2. The van der Waals surface area contributed by atoms with E-state index in [1.807, 2.05) is 14.0 Å². The number of benzene rings is 1. The highest BCUT2D eigenvalue weighted by Crippen LogP contribution is 2.36. The highest BCUT2D eigenvalue weighted by atomic mass is 16.5. The average Bonchev–Trinajstić information content (AvgIpc) is 2.82. The molecule has 1 aromatic rings. The van der Waals surface area contributed by atoms with Gasteiger partial charge < -0.3 is 14.8 Å². The van der Waals surface area contributed by atoms with Gasteiger partial charge in [0.1, 0.15) is 5.75 Å². The van der Waals surface area contributed by atoms with Crippen LogP contribution in [0, 0.1) is 0 Å². The minimum Gasteiger partial charge on any atom is -0.493 e. The summed E-state index contributed by atoms with van der Waals surface area (Å²) in [6.45, 7) is 4.32. The zero-order valence-electron chi connectivity index (χ0n) is 11.4. The molecule has 18 heavy (non-hydrogen) atoms. The molecule has 1 N–H and O–H groups in total.